The van der Waals surface area contributed by atoms with Crippen LogP contribution in [0.4, 0.5) is 10.5 Å². The summed E-state index contributed by atoms with van der Waals surface area (Å²) in [7, 11) is 1.32. The lowest BCUT2D eigenvalue weighted by Gasteiger charge is -2.22. The first kappa shape index (κ1) is 21.7. The minimum atomic E-state index is -0.473. The van der Waals surface area contributed by atoms with Crippen molar-refractivity contribution >= 4 is 29.0 Å². The van der Waals surface area contributed by atoms with Gasteiger partial charge in [0.15, 0.2) is 5.69 Å². The van der Waals surface area contributed by atoms with Crippen LogP contribution in [-0.4, -0.2) is 42.1 Å². The maximum absolute atomic E-state index is 12.8. The van der Waals surface area contributed by atoms with Crippen molar-refractivity contribution < 1.29 is 19.1 Å². The van der Waals surface area contributed by atoms with Crippen molar-refractivity contribution in [1.29, 1.82) is 0 Å². The molecule has 0 saturated carbocycles. The molecule has 1 aromatic heterocycles. The molecule has 0 aliphatic carbocycles. The van der Waals surface area contributed by atoms with Gasteiger partial charge in [-0.25, -0.2) is 14.6 Å². The Labute approximate surface area is 169 Å². The highest BCUT2D eigenvalue weighted by Crippen LogP contribution is 2.18. The number of hydrogen-bond acceptors (Lipinski definition) is 6. The van der Waals surface area contributed by atoms with Crippen LogP contribution in [0.2, 0.25) is 0 Å². The molecule has 152 valence electrons. The number of nitrogens with zero attached hydrogens (tertiary/aromatic N) is 2. The molecule has 1 aromatic carbocycles. The first-order valence-electron chi connectivity index (χ1n) is 9.38. The van der Waals surface area contributed by atoms with Gasteiger partial charge in [-0.15, -0.1) is 11.3 Å². The number of amides is 2. The molecule has 0 atom stereocenters. The van der Waals surface area contributed by atoms with E-state index in [2.05, 4.69) is 22.0 Å². The van der Waals surface area contributed by atoms with Crippen LogP contribution in [0.3, 0.4) is 0 Å². The number of hydrogen-bond donors (Lipinski definition) is 1. The molecule has 0 aliphatic heterocycles. The van der Waals surface area contributed by atoms with Crippen molar-refractivity contribution in [2.75, 3.05) is 25.6 Å². The Hall–Kier alpha value is -2.61. The van der Waals surface area contributed by atoms with Gasteiger partial charge < -0.3 is 19.7 Å². The van der Waals surface area contributed by atoms with Gasteiger partial charge >= 0.3 is 12.0 Å². The molecule has 0 aliphatic rings. The van der Waals surface area contributed by atoms with E-state index in [4.69, 9.17) is 4.74 Å². The van der Waals surface area contributed by atoms with Gasteiger partial charge in [-0.2, -0.15) is 0 Å². The number of ether oxygens (including phenoxy) is 2. The number of carbonyl (C=O) groups excluding carboxylic acids is 2. The number of urea groups is 1. The second kappa shape index (κ2) is 11.3. The predicted octanol–water partition coefficient (Wildman–Crippen LogP) is 4.55. The first-order valence-corrected chi connectivity index (χ1v) is 10.3. The molecule has 1 N–H and O–H groups in total. The number of thiazole rings is 1. The number of methoxy groups -OCH3 is 1. The van der Waals surface area contributed by atoms with E-state index in [1.54, 1.807) is 10.3 Å². The molecule has 0 fully saturated rings. The van der Waals surface area contributed by atoms with Gasteiger partial charge in [0.25, 0.3) is 0 Å². The summed E-state index contributed by atoms with van der Waals surface area (Å²) in [6.45, 7) is 5.60. The fourth-order valence-corrected chi connectivity index (χ4v) is 3.33. The Bertz CT molecular complexity index is 761. The quantitative estimate of drug-likeness (QED) is 0.463. The molecule has 2 aromatic rings. The van der Waals surface area contributed by atoms with Crippen LogP contribution < -0.4 is 10.1 Å². The standard InChI is InChI=1S/C20H27N3O4S/c1-4-6-7-12-23(13-18-22-17(14-28-18)19(24)26-3)20(25)21-15-8-10-16(11-9-15)27-5-2/h8-11,14H,4-7,12-13H2,1-3H3,(H,21,25). The van der Waals surface area contributed by atoms with Gasteiger partial charge in [-0.1, -0.05) is 19.8 Å². The molecule has 2 amide bonds. The van der Waals surface area contributed by atoms with Crippen molar-refractivity contribution in [1.82, 2.24) is 9.88 Å². The Morgan fingerprint density at radius 1 is 1.18 bits per heavy atom. The monoisotopic (exact) mass is 405 g/mol. The van der Waals surface area contributed by atoms with E-state index >= 15 is 0 Å². The Morgan fingerprint density at radius 2 is 1.93 bits per heavy atom. The van der Waals surface area contributed by atoms with E-state index in [-0.39, 0.29) is 11.7 Å². The van der Waals surface area contributed by atoms with Crippen molar-refractivity contribution in [2.45, 2.75) is 39.7 Å². The summed E-state index contributed by atoms with van der Waals surface area (Å²) in [6, 6.07) is 7.07. The molecule has 2 rings (SSSR count). The highest BCUT2D eigenvalue weighted by Gasteiger charge is 2.18. The molecule has 7 nitrogen and oxygen atoms in total. The van der Waals surface area contributed by atoms with Crippen LogP contribution in [0.15, 0.2) is 29.6 Å². The van der Waals surface area contributed by atoms with Gasteiger partial charge in [-0.05, 0) is 37.6 Å². The molecule has 1 heterocycles. The van der Waals surface area contributed by atoms with Gasteiger partial charge in [0.1, 0.15) is 10.8 Å². The van der Waals surface area contributed by atoms with Crippen LogP contribution in [0.1, 0.15) is 48.6 Å². The number of benzene rings is 1. The van der Waals surface area contributed by atoms with Crippen LogP contribution >= 0.6 is 11.3 Å². The molecule has 0 unspecified atom stereocenters. The predicted molar refractivity (Wildman–Crippen MR) is 110 cm³/mol. The maximum atomic E-state index is 12.8. The van der Waals surface area contributed by atoms with Gasteiger partial charge in [-0.3, -0.25) is 0 Å². The van der Waals surface area contributed by atoms with Crippen LogP contribution in [0.5, 0.6) is 5.75 Å². The SMILES string of the molecule is CCCCCN(Cc1nc(C(=O)OC)cs1)C(=O)Nc1ccc(OCC)cc1. The minimum absolute atomic E-state index is 0.199. The van der Waals surface area contributed by atoms with E-state index in [1.165, 1.54) is 18.4 Å². The highest BCUT2D eigenvalue weighted by atomic mass is 32.1. The van der Waals surface area contributed by atoms with E-state index < -0.39 is 5.97 Å². The number of rotatable bonds is 10. The number of carbonyl (C=O) groups is 2. The average molecular weight is 406 g/mol. The number of nitrogens with one attached hydrogen (secondary N) is 1. The number of anilines is 1. The molecule has 0 bridgehead atoms. The van der Waals surface area contributed by atoms with Crippen molar-refractivity contribution in [3.63, 3.8) is 0 Å². The molecule has 0 radical (unpaired) electrons. The summed E-state index contributed by atoms with van der Waals surface area (Å²) < 4.78 is 10.1. The lowest BCUT2D eigenvalue weighted by molar-refractivity contribution is 0.0594. The van der Waals surface area contributed by atoms with Crippen LogP contribution in [0.25, 0.3) is 0 Å². The third kappa shape index (κ3) is 6.53. The smallest absolute Gasteiger partial charge is 0.357 e. The molecule has 0 spiro atoms. The second-order valence-corrected chi connectivity index (χ2v) is 7.08. The first-order chi connectivity index (χ1) is 13.6. The lowest BCUT2D eigenvalue weighted by atomic mass is 10.2. The number of aromatic nitrogens is 1. The summed E-state index contributed by atoms with van der Waals surface area (Å²) in [5.74, 6) is 0.289. The van der Waals surface area contributed by atoms with E-state index in [1.807, 2.05) is 31.2 Å². The van der Waals surface area contributed by atoms with E-state index in [0.29, 0.717) is 30.4 Å². The lowest BCUT2D eigenvalue weighted by Crippen LogP contribution is -2.35. The van der Waals surface area contributed by atoms with Crippen molar-refractivity contribution in [2.24, 2.45) is 0 Å². The summed E-state index contributed by atoms with van der Waals surface area (Å²) in [4.78, 5) is 30.4. The Kier molecular flexibility index (Phi) is 8.74. The van der Waals surface area contributed by atoms with Crippen molar-refractivity contribution in [3.8, 4) is 5.75 Å². The highest BCUT2D eigenvalue weighted by molar-refractivity contribution is 7.09. The van der Waals surface area contributed by atoms with E-state index in [0.717, 1.165) is 25.0 Å². The summed E-state index contributed by atoms with van der Waals surface area (Å²) in [5.41, 5.74) is 0.964. The zero-order valence-corrected chi connectivity index (χ0v) is 17.4. The van der Waals surface area contributed by atoms with Gasteiger partial charge in [0, 0.05) is 17.6 Å². The average Bonchev–Trinajstić information content (AvgIpc) is 3.17. The zero-order chi connectivity index (χ0) is 20.4. The molecule has 28 heavy (non-hydrogen) atoms. The molecule has 0 saturated heterocycles. The fourth-order valence-electron chi connectivity index (χ4n) is 2.55. The van der Waals surface area contributed by atoms with Gasteiger partial charge in [0.2, 0.25) is 0 Å². The Morgan fingerprint density at radius 3 is 2.57 bits per heavy atom. The summed E-state index contributed by atoms with van der Waals surface area (Å²) >= 11 is 1.34. The van der Waals surface area contributed by atoms with Crippen LogP contribution in [-0.2, 0) is 11.3 Å². The molecular formula is C20H27N3O4S. The number of esters is 1. The normalized spacial score (nSPS) is 10.4. The molecular weight excluding hydrogens is 378 g/mol. The topological polar surface area (TPSA) is 80.8 Å². The zero-order valence-electron chi connectivity index (χ0n) is 16.6. The van der Waals surface area contributed by atoms with Crippen LogP contribution in [0, 0.1) is 0 Å². The number of unbranched alkanes of at least 4 members (excludes halogenated alkanes) is 2. The fraction of sp³-hybridized carbons (Fsp3) is 0.450. The second-order valence-electron chi connectivity index (χ2n) is 6.13. The van der Waals surface area contributed by atoms with Gasteiger partial charge in [0.05, 0.1) is 20.3 Å². The summed E-state index contributed by atoms with van der Waals surface area (Å²) in [5, 5.41) is 5.26. The minimum Gasteiger partial charge on any atom is -0.494 e. The van der Waals surface area contributed by atoms with E-state index in [9.17, 15) is 9.59 Å². The molecule has 8 heteroatoms. The van der Waals surface area contributed by atoms with Crippen molar-refractivity contribution in [3.05, 3.63) is 40.3 Å². The maximum Gasteiger partial charge on any atom is 0.357 e. The third-order valence-electron chi connectivity index (χ3n) is 4.01. The summed E-state index contributed by atoms with van der Waals surface area (Å²) in [6.07, 6.45) is 3.01. The Balaban J connectivity index is 2.04. The third-order valence-corrected chi connectivity index (χ3v) is 4.84. The largest absolute Gasteiger partial charge is 0.494 e.